The average Bonchev–Trinajstić information content (AvgIpc) is 2.80. The minimum atomic E-state index is 0.0634. The van der Waals surface area contributed by atoms with Gasteiger partial charge in [-0.05, 0) is 30.8 Å². The molecule has 2 aliphatic rings. The number of likely N-dealkylation sites (N-methyl/N-ethyl adjacent to an activating group) is 1. The van der Waals surface area contributed by atoms with Crippen LogP contribution in [0.3, 0.4) is 0 Å². The van der Waals surface area contributed by atoms with E-state index in [-0.39, 0.29) is 5.91 Å². The van der Waals surface area contributed by atoms with E-state index in [4.69, 9.17) is 4.74 Å². The molecule has 0 aliphatic carbocycles. The lowest BCUT2D eigenvalue weighted by Gasteiger charge is -2.34. The normalized spacial score (nSPS) is 18.0. The number of carbonyl (C=O) groups is 1. The Balaban J connectivity index is 1.42. The molecule has 2 fully saturated rings. The molecule has 1 amide bonds. The first kappa shape index (κ1) is 19.7. The van der Waals surface area contributed by atoms with Crippen LogP contribution in [0.4, 0.5) is 17.2 Å². The standard InChI is InChI=1S/C22H29N5O2/c1-2-25-9-11-27(12-10-25)22(28)18-7-8-21(23-17-18)24-19-5-3-4-6-20(19)26-13-15-29-16-14-26/h3-8,17H,2,9-16H2,1H3,(H,23,24). The summed E-state index contributed by atoms with van der Waals surface area (Å²) >= 11 is 0. The van der Waals surface area contributed by atoms with Gasteiger partial charge >= 0.3 is 0 Å². The van der Waals surface area contributed by atoms with Crippen LogP contribution in [0.2, 0.25) is 0 Å². The third kappa shape index (κ3) is 4.68. The number of benzene rings is 1. The predicted molar refractivity (Wildman–Crippen MR) is 115 cm³/mol. The second kappa shape index (κ2) is 9.24. The monoisotopic (exact) mass is 395 g/mol. The lowest BCUT2D eigenvalue weighted by Crippen LogP contribution is -2.48. The Kier molecular flexibility index (Phi) is 6.27. The summed E-state index contributed by atoms with van der Waals surface area (Å²) in [4.78, 5) is 23.9. The largest absolute Gasteiger partial charge is 0.378 e. The number of aromatic nitrogens is 1. The molecule has 3 heterocycles. The number of hydrogen-bond acceptors (Lipinski definition) is 6. The SMILES string of the molecule is CCN1CCN(C(=O)c2ccc(Nc3ccccc3N3CCOCC3)nc2)CC1. The number of ether oxygens (including phenoxy) is 1. The molecule has 7 nitrogen and oxygen atoms in total. The topological polar surface area (TPSA) is 60.9 Å². The number of rotatable bonds is 5. The summed E-state index contributed by atoms with van der Waals surface area (Å²) in [5.41, 5.74) is 2.80. The lowest BCUT2D eigenvalue weighted by molar-refractivity contribution is 0.0643. The van der Waals surface area contributed by atoms with E-state index >= 15 is 0 Å². The Labute approximate surface area is 172 Å². The summed E-state index contributed by atoms with van der Waals surface area (Å²) in [5, 5.41) is 3.40. The molecule has 1 N–H and O–H groups in total. The van der Waals surface area contributed by atoms with E-state index in [9.17, 15) is 4.79 Å². The Bertz CT molecular complexity index is 812. The third-order valence-electron chi connectivity index (χ3n) is 5.64. The van der Waals surface area contributed by atoms with Gasteiger partial charge in [-0.25, -0.2) is 4.98 Å². The number of nitrogens with one attached hydrogen (secondary N) is 1. The maximum absolute atomic E-state index is 12.8. The molecule has 4 rings (SSSR count). The highest BCUT2D eigenvalue weighted by Crippen LogP contribution is 2.28. The van der Waals surface area contributed by atoms with E-state index in [0.29, 0.717) is 5.56 Å². The number of pyridine rings is 1. The molecule has 0 spiro atoms. The van der Waals surface area contributed by atoms with E-state index in [2.05, 4.69) is 39.2 Å². The number of amides is 1. The molecule has 29 heavy (non-hydrogen) atoms. The molecule has 2 aliphatic heterocycles. The van der Waals surface area contributed by atoms with Gasteiger partial charge in [0.15, 0.2) is 0 Å². The van der Waals surface area contributed by atoms with E-state index in [0.717, 1.165) is 76.2 Å². The summed E-state index contributed by atoms with van der Waals surface area (Å²) in [6.45, 7) is 9.88. The first-order valence-corrected chi connectivity index (χ1v) is 10.4. The van der Waals surface area contributed by atoms with Crippen LogP contribution in [0.5, 0.6) is 0 Å². The first-order chi connectivity index (χ1) is 14.2. The van der Waals surface area contributed by atoms with Crippen LogP contribution in [0.15, 0.2) is 42.6 Å². The second-order valence-corrected chi connectivity index (χ2v) is 7.40. The van der Waals surface area contributed by atoms with Gasteiger partial charge in [-0.15, -0.1) is 0 Å². The average molecular weight is 396 g/mol. The fraction of sp³-hybridized carbons (Fsp3) is 0.455. The molecular weight excluding hydrogens is 366 g/mol. The summed E-state index contributed by atoms with van der Waals surface area (Å²) in [7, 11) is 0. The van der Waals surface area contributed by atoms with Crippen molar-refractivity contribution in [2.75, 3.05) is 69.2 Å². The zero-order valence-corrected chi connectivity index (χ0v) is 17.0. The van der Waals surface area contributed by atoms with Crippen LogP contribution in [-0.2, 0) is 4.74 Å². The van der Waals surface area contributed by atoms with Crippen LogP contribution in [0, 0.1) is 0 Å². The van der Waals surface area contributed by atoms with Crippen molar-refractivity contribution >= 4 is 23.1 Å². The predicted octanol–water partition coefficient (Wildman–Crippen LogP) is 2.44. The minimum Gasteiger partial charge on any atom is -0.378 e. The van der Waals surface area contributed by atoms with Gasteiger partial charge in [0.2, 0.25) is 0 Å². The maximum Gasteiger partial charge on any atom is 0.255 e. The number of carbonyl (C=O) groups excluding carboxylic acids is 1. The van der Waals surface area contributed by atoms with E-state index in [1.165, 1.54) is 0 Å². The number of anilines is 3. The molecular formula is C22H29N5O2. The molecule has 1 aromatic carbocycles. The molecule has 154 valence electrons. The van der Waals surface area contributed by atoms with Crippen LogP contribution in [0.25, 0.3) is 0 Å². The molecule has 7 heteroatoms. The van der Waals surface area contributed by atoms with Crippen molar-refractivity contribution in [2.24, 2.45) is 0 Å². The number of morpholine rings is 1. The molecule has 0 radical (unpaired) electrons. The minimum absolute atomic E-state index is 0.0634. The Morgan fingerprint density at radius 2 is 1.79 bits per heavy atom. The lowest BCUT2D eigenvalue weighted by atomic mass is 10.2. The third-order valence-corrected chi connectivity index (χ3v) is 5.64. The summed E-state index contributed by atoms with van der Waals surface area (Å²) in [6.07, 6.45) is 1.67. The molecule has 2 saturated heterocycles. The molecule has 2 aromatic rings. The highest BCUT2D eigenvalue weighted by Gasteiger charge is 2.21. The fourth-order valence-corrected chi connectivity index (χ4v) is 3.84. The zero-order chi connectivity index (χ0) is 20.1. The quantitative estimate of drug-likeness (QED) is 0.839. The van der Waals surface area contributed by atoms with Gasteiger partial charge in [0.1, 0.15) is 5.82 Å². The van der Waals surface area contributed by atoms with Crippen molar-refractivity contribution in [2.45, 2.75) is 6.92 Å². The summed E-state index contributed by atoms with van der Waals surface area (Å²) in [5.74, 6) is 0.798. The molecule has 1 aromatic heterocycles. The fourth-order valence-electron chi connectivity index (χ4n) is 3.84. The van der Waals surface area contributed by atoms with E-state index < -0.39 is 0 Å². The Morgan fingerprint density at radius 3 is 2.48 bits per heavy atom. The zero-order valence-electron chi connectivity index (χ0n) is 17.0. The summed E-state index contributed by atoms with van der Waals surface area (Å²) < 4.78 is 5.46. The first-order valence-electron chi connectivity index (χ1n) is 10.4. The van der Waals surface area contributed by atoms with Gasteiger partial charge in [0.25, 0.3) is 5.91 Å². The van der Waals surface area contributed by atoms with Gasteiger partial charge in [0, 0.05) is 45.5 Å². The maximum atomic E-state index is 12.8. The van der Waals surface area contributed by atoms with Crippen LogP contribution < -0.4 is 10.2 Å². The molecule has 0 bridgehead atoms. The van der Waals surface area contributed by atoms with Crippen molar-refractivity contribution in [1.29, 1.82) is 0 Å². The number of piperazine rings is 1. The number of nitrogens with zero attached hydrogens (tertiary/aromatic N) is 4. The van der Waals surface area contributed by atoms with Gasteiger partial charge < -0.3 is 24.8 Å². The molecule has 0 saturated carbocycles. The number of hydrogen-bond donors (Lipinski definition) is 1. The highest BCUT2D eigenvalue weighted by atomic mass is 16.5. The van der Waals surface area contributed by atoms with E-state index in [1.807, 2.05) is 29.2 Å². The highest BCUT2D eigenvalue weighted by molar-refractivity contribution is 5.94. The van der Waals surface area contributed by atoms with Crippen LogP contribution in [0.1, 0.15) is 17.3 Å². The van der Waals surface area contributed by atoms with Crippen molar-refractivity contribution < 1.29 is 9.53 Å². The van der Waals surface area contributed by atoms with Crippen molar-refractivity contribution in [3.8, 4) is 0 Å². The Morgan fingerprint density at radius 1 is 1.03 bits per heavy atom. The molecule has 0 atom stereocenters. The van der Waals surface area contributed by atoms with Gasteiger partial charge in [-0.2, -0.15) is 0 Å². The smallest absolute Gasteiger partial charge is 0.255 e. The second-order valence-electron chi connectivity index (χ2n) is 7.40. The molecule has 0 unspecified atom stereocenters. The van der Waals surface area contributed by atoms with Gasteiger partial charge in [-0.3, -0.25) is 4.79 Å². The van der Waals surface area contributed by atoms with Crippen molar-refractivity contribution in [3.05, 3.63) is 48.2 Å². The Hall–Kier alpha value is -2.64. The van der Waals surface area contributed by atoms with Crippen molar-refractivity contribution in [3.63, 3.8) is 0 Å². The number of para-hydroxylation sites is 2. The van der Waals surface area contributed by atoms with Crippen LogP contribution >= 0.6 is 0 Å². The van der Waals surface area contributed by atoms with Gasteiger partial charge in [0.05, 0.1) is 30.2 Å². The van der Waals surface area contributed by atoms with Gasteiger partial charge in [-0.1, -0.05) is 19.1 Å². The van der Waals surface area contributed by atoms with E-state index in [1.54, 1.807) is 6.20 Å². The van der Waals surface area contributed by atoms with Crippen LogP contribution in [-0.4, -0.2) is 79.7 Å². The summed E-state index contributed by atoms with van der Waals surface area (Å²) in [6, 6.07) is 12.0. The van der Waals surface area contributed by atoms with Crippen molar-refractivity contribution in [1.82, 2.24) is 14.8 Å².